The molecule has 3 N–H and O–H groups in total. The van der Waals surface area contributed by atoms with E-state index in [0.717, 1.165) is 22.0 Å². The molecule has 2 amide bonds. The molecule has 0 fully saturated rings. The lowest BCUT2D eigenvalue weighted by Gasteiger charge is -2.10. The van der Waals surface area contributed by atoms with Gasteiger partial charge in [-0.2, -0.15) is 0 Å². The Balaban J connectivity index is 1.54. The minimum Gasteiger partial charge on any atom is -0.483 e. The van der Waals surface area contributed by atoms with Gasteiger partial charge in [-0.15, -0.1) is 0 Å². The summed E-state index contributed by atoms with van der Waals surface area (Å²) >= 11 is 0. The second kappa shape index (κ2) is 7.09. The van der Waals surface area contributed by atoms with Gasteiger partial charge in [-0.05, 0) is 31.5 Å². The van der Waals surface area contributed by atoms with Crippen LogP contribution >= 0.6 is 0 Å². The third-order valence-corrected chi connectivity index (χ3v) is 3.84. The number of benzene rings is 2. The number of nitrogens with one attached hydrogen (secondary N) is 3. The third-order valence-electron chi connectivity index (χ3n) is 3.84. The van der Waals surface area contributed by atoms with Crippen LogP contribution in [0.25, 0.3) is 10.9 Å². The Hall–Kier alpha value is -3.28. The molecule has 1 aromatic heterocycles. The lowest BCUT2D eigenvalue weighted by molar-refractivity contribution is -0.123. The summed E-state index contributed by atoms with van der Waals surface area (Å²) in [5.74, 6) is -0.186. The molecule has 6 nitrogen and oxygen atoms in total. The van der Waals surface area contributed by atoms with Gasteiger partial charge in [-0.3, -0.25) is 20.4 Å². The normalized spacial score (nSPS) is 10.5. The van der Waals surface area contributed by atoms with Crippen molar-refractivity contribution in [3.05, 3.63) is 65.4 Å². The summed E-state index contributed by atoms with van der Waals surface area (Å²) in [5.41, 5.74) is 8.16. The molecule has 2 aromatic carbocycles. The van der Waals surface area contributed by atoms with E-state index in [9.17, 15) is 9.59 Å². The number of rotatable bonds is 4. The average molecular weight is 337 g/mol. The Bertz CT molecular complexity index is 931. The van der Waals surface area contributed by atoms with Crippen LogP contribution in [0, 0.1) is 13.8 Å². The number of fused-ring (bicyclic) bond motifs is 1. The summed E-state index contributed by atoms with van der Waals surface area (Å²) in [6.07, 6.45) is 1.61. The number of carbonyl (C=O) groups excluding carboxylic acids is 2. The number of amides is 2. The van der Waals surface area contributed by atoms with Crippen LogP contribution < -0.4 is 15.6 Å². The highest BCUT2D eigenvalue weighted by molar-refractivity contribution is 6.07. The van der Waals surface area contributed by atoms with E-state index < -0.39 is 11.8 Å². The SMILES string of the molecule is Cc1ccc(OCC(=O)NNC(=O)c2c[nH]c3ccccc23)c(C)c1. The van der Waals surface area contributed by atoms with Crippen molar-refractivity contribution in [2.24, 2.45) is 0 Å². The quantitative estimate of drug-likeness (QED) is 0.640. The molecule has 128 valence electrons. The molecule has 0 unspecified atom stereocenters. The minimum absolute atomic E-state index is 0.182. The summed E-state index contributed by atoms with van der Waals surface area (Å²) in [5, 5.41) is 0.792. The fourth-order valence-corrected chi connectivity index (χ4v) is 2.59. The van der Waals surface area contributed by atoms with Crippen molar-refractivity contribution in [2.75, 3.05) is 6.61 Å². The van der Waals surface area contributed by atoms with E-state index >= 15 is 0 Å². The molecule has 3 rings (SSSR count). The Morgan fingerprint density at radius 2 is 1.88 bits per heavy atom. The molecule has 0 bridgehead atoms. The highest BCUT2D eigenvalue weighted by Crippen LogP contribution is 2.18. The van der Waals surface area contributed by atoms with Crippen molar-refractivity contribution < 1.29 is 14.3 Å². The Labute approximate surface area is 145 Å². The van der Waals surface area contributed by atoms with Gasteiger partial charge in [-0.1, -0.05) is 35.9 Å². The van der Waals surface area contributed by atoms with Crippen LogP contribution in [0.3, 0.4) is 0 Å². The Kier molecular flexibility index (Phi) is 4.70. The summed E-state index contributed by atoms with van der Waals surface area (Å²) in [7, 11) is 0. The Morgan fingerprint density at radius 1 is 1.08 bits per heavy atom. The van der Waals surface area contributed by atoms with Crippen molar-refractivity contribution in [3.63, 3.8) is 0 Å². The van der Waals surface area contributed by atoms with Crippen LogP contribution in [-0.2, 0) is 4.79 Å². The highest BCUT2D eigenvalue weighted by Gasteiger charge is 2.12. The van der Waals surface area contributed by atoms with Crippen molar-refractivity contribution in [2.45, 2.75) is 13.8 Å². The maximum absolute atomic E-state index is 12.2. The fraction of sp³-hybridized carbons (Fsp3) is 0.158. The molecule has 0 aliphatic carbocycles. The molecule has 0 spiro atoms. The monoisotopic (exact) mass is 337 g/mol. The molecule has 0 atom stereocenters. The van der Waals surface area contributed by atoms with E-state index in [-0.39, 0.29) is 6.61 Å². The van der Waals surface area contributed by atoms with Crippen LogP contribution in [0.4, 0.5) is 0 Å². The molecule has 0 saturated carbocycles. The van der Waals surface area contributed by atoms with E-state index in [2.05, 4.69) is 15.8 Å². The van der Waals surface area contributed by atoms with E-state index in [1.54, 1.807) is 6.20 Å². The number of hydrogen-bond donors (Lipinski definition) is 3. The topological polar surface area (TPSA) is 83.2 Å². The number of hydrazine groups is 1. The van der Waals surface area contributed by atoms with Crippen molar-refractivity contribution in [1.29, 1.82) is 0 Å². The van der Waals surface area contributed by atoms with Crippen molar-refractivity contribution in [3.8, 4) is 5.75 Å². The van der Waals surface area contributed by atoms with Gasteiger partial charge in [0.15, 0.2) is 6.61 Å². The number of hydrogen-bond acceptors (Lipinski definition) is 3. The molecule has 0 aliphatic rings. The summed E-state index contributed by atoms with van der Waals surface area (Å²) in [6.45, 7) is 3.72. The summed E-state index contributed by atoms with van der Waals surface area (Å²) in [6, 6.07) is 13.2. The van der Waals surface area contributed by atoms with Gasteiger partial charge in [0, 0.05) is 17.1 Å². The van der Waals surface area contributed by atoms with Crippen LogP contribution in [0.5, 0.6) is 5.75 Å². The van der Waals surface area contributed by atoms with Crippen LogP contribution in [0.15, 0.2) is 48.7 Å². The van der Waals surface area contributed by atoms with Gasteiger partial charge in [0.2, 0.25) is 0 Å². The van der Waals surface area contributed by atoms with Gasteiger partial charge in [0.05, 0.1) is 5.56 Å². The van der Waals surface area contributed by atoms with Crippen LogP contribution in [-0.4, -0.2) is 23.4 Å². The first kappa shape index (κ1) is 16.6. The zero-order valence-corrected chi connectivity index (χ0v) is 14.1. The summed E-state index contributed by atoms with van der Waals surface area (Å²) in [4.78, 5) is 27.1. The van der Waals surface area contributed by atoms with Gasteiger partial charge in [0.1, 0.15) is 5.75 Å². The molecule has 0 saturated heterocycles. The van der Waals surface area contributed by atoms with Crippen molar-refractivity contribution in [1.82, 2.24) is 15.8 Å². The third kappa shape index (κ3) is 3.80. The largest absolute Gasteiger partial charge is 0.483 e. The van der Waals surface area contributed by atoms with E-state index in [1.807, 2.05) is 56.3 Å². The fourth-order valence-electron chi connectivity index (χ4n) is 2.59. The number of para-hydroxylation sites is 1. The molecule has 0 radical (unpaired) electrons. The Morgan fingerprint density at radius 3 is 2.68 bits per heavy atom. The number of aromatic nitrogens is 1. The molecular formula is C19H19N3O3. The van der Waals surface area contributed by atoms with Crippen LogP contribution in [0.2, 0.25) is 0 Å². The first-order chi connectivity index (χ1) is 12.0. The maximum atomic E-state index is 12.2. The zero-order chi connectivity index (χ0) is 17.8. The molecule has 3 aromatic rings. The smallest absolute Gasteiger partial charge is 0.276 e. The second-order valence-electron chi connectivity index (χ2n) is 5.81. The predicted molar refractivity (Wildman–Crippen MR) is 95.3 cm³/mol. The predicted octanol–water partition coefficient (Wildman–Crippen LogP) is 2.62. The molecule has 25 heavy (non-hydrogen) atoms. The zero-order valence-electron chi connectivity index (χ0n) is 14.1. The minimum atomic E-state index is -0.437. The average Bonchev–Trinajstić information content (AvgIpc) is 3.03. The highest BCUT2D eigenvalue weighted by atomic mass is 16.5. The molecular weight excluding hydrogens is 318 g/mol. The van der Waals surface area contributed by atoms with E-state index in [0.29, 0.717) is 11.3 Å². The number of H-pyrrole nitrogens is 1. The van der Waals surface area contributed by atoms with Gasteiger partial charge in [0.25, 0.3) is 11.8 Å². The van der Waals surface area contributed by atoms with Crippen molar-refractivity contribution >= 4 is 22.7 Å². The van der Waals surface area contributed by atoms with Crippen LogP contribution in [0.1, 0.15) is 21.5 Å². The number of ether oxygens (including phenoxy) is 1. The number of aryl methyl sites for hydroxylation is 2. The van der Waals surface area contributed by atoms with Gasteiger partial charge < -0.3 is 9.72 Å². The lowest BCUT2D eigenvalue weighted by Crippen LogP contribution is -2.43. The maximum Gasteiger partial charge on any atom is 0.276 e. The van der Waals surface area contributed by atoms with E-state index in [1.165, 1.54) is 0 Å². The standard InChI is InChI=1S/C19H19N3O3/c1-12-7-8-17(13(2)9-12)25-11-18(23)21-22-19(24)15-10-20-16-6-4-3-5-14(15)16/h3-10,20H,11H2,1-2H3,(H,21,23)(H,22,24). The van der Waals surface area contributed by atoms with E-state index in [4.69, 9.17) is 4.74 Å². The first-order valence-corrected chi connectivity index (χ1v) is 7.90. The number of carbonyl (C=O) groups is 2. The second-order valence-corrected chi connectivity index (χ2v) is 5.81. The molecule has 6 heteroatoms. The molecule has 1 heterocycles. The number of aromatic amines is 1. The molecule has 0 aliphatic heterocycles. The summed E-state index contributed by atoms with van der Waals surface area (Å²) < 4.78 is 5.48. The van der Waals surface area contributed by atoms with Gasteiger partial charge in [-0.25, -0.2) is 0 Å². The first-order valence-electron chi connectivity index (χ1n) is 7.90. The van der Waals surface area contributed by atoms with Gasteiger partial charge >= 0.3 is 0 Å². The lowest BCUT2D eigenvalue weighted by atomic mass is 10.1.